The fourth-order valence-electron chi connectivity index (χ4n) is 3.17. The molecule has 6 nitrogen and oxygen atoms in total. The molecule has 0 aliphatic carbocycles. The third-order valence-corrected chi connectivity index (χ3v) is 5.38. The Bertz CT molecular complexity index is 825. The van der Waals surface area contributed by atoms with Gasteiger partial charge in [0.1, 0.15) is 37.5 Å². The number of alkyl halides is 2. The Kier molecular flexibility index (Phi) is 9.97. The van der Waals surface area contributed by atoms with Gasteiger partial charge in [-0.3, -0.25) is 9.59 Å². The summed E-state index contributed by atoms with van der Waals surface area (Å²) in [5, 5.41) is 0. The van der Waals surface area contributed by atoms with Crippen molar-refractivity contribution in [1.82, 2.24) is 0 Å². The summed E-state index contributed by atoms with van der Waals surface area (Å²) < 4.78 is 34.1. The molecule has 0 unspecified atom stereocenters. The number of benzene rings is 2. The topological polar surface area (TPSA) is 71.1 Å². The van der Waals surface area contributed by atoms with Crippen molar-refractivity contribution < 1.29 is 32.9 Å². The third-order valence-electron chi connectivity index (χ3n) is 5.03. The highest BCUT2D eigenvalue weighted by Crippen LogP contribution is 2.33. The summed E-state index contributed by atoms with van der Waals surface area (Å²) in [6, 6.07) is 15.2. The minimum absolute atomic E-state index is 0.0533. The molecule has 0 spiro atoms. The molecule has 0 saturated heterocycles. The Hall–Kier alpha value is -2.80. The Morgan fingerprint density at radius 1 is 0.818 bits per heavy atom. The van der Waals surface area contributed by atoms with E-state index in [1.165, 1.54) is 13.8 Å². The number of esters is 2. The van der Waals surface area contributed by atoms with E-state index in [4.69, 9.17) is 30.5 Å². The third kappa shape index (κ3) is 8.24. The maximum absolute atomic E-state index is 12.9. The summed E-state index contributed by atoms with van der Waals surface area (Å²) in [7, 11) is 0. The van der Waals surface area contributed by atoms with Crippen LogP contribution in [0.25, 0.3) is 0 Å². The van der Waals surface area contributed by atoms with Crippen LogP contribution in [0.4, 0.5) is 4.39 Å². The molecule has 2 atom stereocenters. The van der Waals surface area contributed by atoms with Gasteiger partial charge in [-0.15, -0.1) is 11.6 Å². The van der Waals surface area contributed by atoms with Crippen molar-refractivity contribution >= 4 is 23.5 Å². The molecule has 2 rings (SSSR count). The zero-order valence-electron chi connectivity index (χ0n) is 19.3. The van der Waals surface area contributed by atoms with Crippen LogP contribution in [-0.4, -0.2) is 49.9 Å². The van der Waals surface area contributed by atoms with E-state index in [0.717, 1.165) is 11.1 Å². The van der Waals surface area contributed by atoms with Gasteiger partial charge in [0.2, 0.25) is 0 Å². The Labute approximate surface area is 198 Å². The fourth-order valence-corrected chi connectivity index (χ4v) is 3.32. The van der Waals surface area contributed by atoms with Crippen LogP contribution in [-0.2, 0) is 24.5 Å². The average molecular weight is 481 g/mol. The predicted octanol–water partition coefficient (Wildman–Crippen LogP) is 4.84. The van der Waals surface area contributed by atoms with Gasteiger partial charge in [-0.1, -0.05) is 38.1 Å². The van der Waals surface area contributed by atoms with Crippen molar-refractivity contribution in [2.75, 3.05) is 25.8 Å². The Morgan fingerprint density at radius 3 is 1.58 bits per heavy atom. The fraction of sp³-hybridized carbons (Fsp3) is 0.440. The molecule has 0 aromatic heterocycles. The van der Waals surface area contributed by atoms with Crippen LogP contribution in [0.1, 0.15) is 38.8 Å². The molecule has 8 heteroatoms. The minimum atomic E-state index is -0.923. The van der Waals surface area contributed by atoms with Crippen LogP contribution in [0.3, 0.4) is 0 Å². The van der Waals surface area contributed by atoms with Crippen molar-refractivity contribution in [2.24, 2.45) is 0 Å². The van der Waals surface area contributed by atoms with Crippen LogP contribution in [0.5, 0.6) is 11.5 Å². The monoisotopic (exact) mass is 480 g/mol. The summed E-state index contributed by atoms with van der Waals surface area (Å²) in [6.45, 7) is 6.08. The van der Waals surface area contributed by atoms with Crippen LogP contribution < -0.4 is 9.47 Å². The second kappa shape index (κ2) is 12.4. The molecule has 0 saturated carbocycles. The molecule has 0 aliphatic rings. The highest BCUT2D eigenvalue weighted by molar-refractivity contribution is 6.18. The summed E-state index contributed by atoms with van der Waals surface area (Å²) in [5.41, 5.74) is 1.83. The number of carbonyl (C=O) groups is 2. The minimum Gasteiger partial charge on any atom is -0.490 e. The van der Waals surface area contributed by atoms with E-state index in [1.807, 2.05) is 36.4 Å². The number of rotatable bonds is 12. The molecule has 2 aromatic carbocycles. The summed E-state index contributed by atoms with van der Waals surface area (Å²) in [6.07, 6.45) is -1.43. The van der Waals surface area contributed by atoms with Gasteiger partial charge in [0.25, 0.3) is 0 Å². The lowest BCUT2D eigenvalue weighted by atomic mass is 9.78. The molecule has 0 bridgehead atoms. The largest absolute Gasteiger partial charge is 0.490 e. The lowest BCUT2D eigenvalue weighted by Gasteiger charge is -2.26. The van der Waals surface area contributed by atoms with Gasteiger partial charge in [-0.05, 0) is 35.4 Å². The zero-order valence-corrected chi connectivity index (χ0v) is 20.1. The summed E-state index contributed by atoms with van der Waals surface area (Å²) in [5.74, 6) is 0.423. The van der Waals surface area contributed by atoms with E-state index in [-0.39, 0.29) is 24.5 Å². The lowest BCUT2D eigenvalue weighted by Crippen LogP contribution is -2.26. The quantitative estimate of drug-likeness (QED) is 0.320. The molecule has 2 aromatic rings. The molecule has 0 amide bonds. The van der Waals surface area contributed by atoms with Crippen LogP contribution >= 0.6 is 11.6 Å². The molecule has 0 fully saturated rings. The summed E-state index contributed by atoms with van der Waals surface area (Å²) >= 11 is 5.80. The van der Waals surface area contributed by atoms with Crippen molar-refractivity contribution in [2.45, 2.75) is 45.3 Å². The number of halogens is 2. The molecule has 0 aliphatic heterocycles. The normalized spacial score (nSPS) is 13.0. The van der Waals surface area contributed by atoms with Crippen molar-refractivity contribution in [3.63, 3.8) is 0 Å². The summed E-state index contributed by atoms with van der Waals surface area (Å²) in [4.78, 5) is 22.1. The molecule has 33 heavy (non-hydrogen) atoms. The van der Waals surface area contributed by atoms with Crippen LogP contribution in [0.15, 0.2) is 48.5 Å². The Balaban J connectivity index is 1.99. The smallest absolute Gasteiger partial charge is 0.303 e. The van der Waals surface area contributed by atoms with Gasteiger partial charge in [-0.25, -0.2) is 4.39 Å². The van der Waals surface area contributed by atoms with E-state index in [2.05, 4.69) is 13.8 Å². The molecular weight excluding hydrogens is 451 g/mol. The number of hydrogen-bond donors (Lipinski definition) is 0. The van der Waals surface area contributed by atoms with Gasteiger partial charge >= 0.3 is 11.9 Å². The van der Waals surface area contributed by atoms with Gasteiger partial charge in [0, 0.05) is 19.3 Å². The highest BCUT2D eigenvalue weighted by Gasteiger charge is 2.23. The SMILES string of the molecule is CC(=O)O[C@H](CF)COc1ccc(C(C)(C)c2ccc(OC[C@H](CCl)OC(C)=O)cc2)cc1. The maximum atomic E-state index is 12.9. The molecule has 180 valence electrons. The molecule has 0 heterocycles. The highest BCUT2D eigenvalue weighted by atomic mass is 35.5. The van der Waals surface area contributed by atoms with Gasteiger partial charge in [-0.2, -0.15) is 0 Å². The standard InChI is InChI=1S/C25H30ClFO6/c1-17(28)32-23(13-26)15-30-21-9-5-19(6-10-21)25(3,4)20-7-11-22(12-8-20)31-16-24(14-27)33-18(2)29/h5-12,23-24H,13-16H2,1-4H3/t23-,24+/m0/s1. The van der Waals surface area contributed by atoms with E-state index >= 15 is 0 Å². The lowest BCUT2D eigenvalue weighted by molar-refractivity contribution is -0.149. The first kappa shape index (κ1) is 26.5. The number of carbonyl (C=O) groups excluding carboxylic acids is 2. The predicted molar refractivity (Wildman–Crippen MR) is 124 cm³/mol. The average Bonchev–Trinajstić information content (AvgIpc) is 2.79. The van der Waals surface area contributed by atoms with Gasteiger partial charge < -0.3 is 18.9 Å². The molecular formula is C25H30ClFO6. The first-order valence-corrected chi connectivity index (χ1v) is 11.1. The van der Waals surface area contributed by atoms with Crippen molar-refractivity contribution in [1.29, 1.82) is 0 Å². The second-order valence-corrected chi connectivity index (χ2v) is 8.38. The second-order valence-electron chi connectivity index (χ2n) is 8.07. The van der Waals surface area contributed by atoms with Gasteiger partial charge in [0.05, 0.1) is 5.88 Å². The van der Waals surface area contributed by atoms with E-state index in [9.17, 15) is 14.0 Å². The van der Waals surface area contributed by atoms with Crippen LogP contribution in [0, 0.1) is 0 Å². The number of ether oxygens (including phenoxy) is 4. The van der Waals surface area contributed by atoms with Crippen LogP contribution in [0.2, 0.25) is 0 Å². The van der Waals surface area contributed by atoms with E-state index in [1.54, 1.807) is 12.1 Å². The van der Waals surface area contributed by atoms with Crippen molar-refractivity contribution in [3.8, 4) is 11.5 Å². The molecule has 0 N–H and O–H groups in total. The van der Waals surface area contributed by atoms with Crippen molar-refractivity contribution in [3.05, 3.63) is 59.7 Å². The first-order chi connectivity index (χ1) is 15.6. The van der Waals surface area contributed by atoms with Gasteiger partial charge in [0.15, 0.2) is 6.10 Å². The Morgan fingerprint density at radius 2 is 1.21 bits per heavy atom. The first-order valence-electron chi connectivity index (χ1n) is 10.6. The molecule has 0 radical (unpaired) electrons. The van der Waals surface area contributed by atoms with E-state index < -0.39 is 30.8 Å². The zero-order chi connectivity index (χ0) is 24.4. The van der Waals surface area contributed by atoms with E-state index in [0.29, 0.717) is 11.5 Å². The maximum Gasteiger partial charge on any atom is 0.303 e. The number of hydrogen-bond acceptors (Lipinski definition) is 6.